The van der Waals surface area contributed by atoms with Gasteiger partial charge in [-0.1, -0.05) is 13.8 Å². The van der Waals surface area contributed by atoms with Crippen LogP contribution in [0.1, 0.15) is 39.5 Å². The molecule has 0 aromatic rings. The lowest BCUT2D eigenvalue weighted by Gasteiger charge is -2.33. The Morgan fingerprint density at radius 2 is 1.76 bits per heavy atom. The van der Waals surface area contributed by atoms with Crippen LogP contribution >= 0.6 is 0 Å². The minimum absolute atomic E-state index is 0.460. The summed E-state index contributed by atoms with van der Waals surface area (Å²) >= 11 is 0. The summed E-state index contributed by atoms with van der Waals surface area (Å²) in [7, 11) is 0. The molecular formula is C14H29N3. The fourth-order valence-corrected chi connectivity index (χ4v) is 3.33. The quantitative estimate of drug-likeness (QED) is 0.807. The van der Waals surface area contributed by atoms with Crippen molar-refractivity contribution in [3.63, 3.8) is 0 Å². The average molecular weight is 239 g/mol. The van der Waals surface area contributed by atoms with Gasteiger partial charge in [-0.15, -0.1) is 0 Å². The highest BCUT2D eigenvalue weighted by Gasteiger charge is 2.27. The van der Waals surface area contributed by atoms with Gasteiger partial charge < -0.3 is 10.6 Å². The zero-order valence-corrected chi connectivity index (χ0v) is 11.6. The van der Waals surface area contributed by atoms with Gasteiger partial charge in [0.1, 0.15) is 0 Å². The fraction of sp³-hybridized carbons (Fsp3) is 1.00. The second-order valence-corrected chi connectivity index (χ2v) is 6.17. The fourth-order valence-electron chi connectivity index (χ4n) is 3.33. The maximum Gasteiger partial charge on any atom is 0.0119 e. The van der Waals surface area contributed by atoms with Crippen LogP contribution in [0.4, 0.5) is 0 Å². The van der Waals surface area contributed by atoms with Crippen LogP contribution in [-0.2, 0) is 0 Å². The second kappa shape index (κ2) is 6.17. The van der Waals surface area contributed by atoms with E-state index in [1.165, 1.54) is 58.4 Å². The first-order valence-electron chi connectivity index (χ1n) is 7.39. The Hall–Kier alpha value is -0.120. The molecule has 2 fully saturated rings. The summed E-state index contributed by atoms with van der Waals surface area (Å²) in [5.41, 5.74) is 5.94. The molecule has 3 nitrogen and oxygen atoms in total. The summed E-state index contributed by atoms with van der Waals surface area (Å²) in [4.78, 5) is 5.30. The molecule has 0 bridgehead atoms. The molecule has 0 saturated carbocycles. The lowest BCUT2D eigenvalue weighted by Crippen LogP contribution is -2.44. The Morgan fingerprint density at radius 3 is 2.41 bits per heavy atom. The number of likely N-dealkylation sites (tertiary alicyclic amines) is 2. The Kier molecular flexibility index (Phi) is 4.83. The number of piperidine rings is 1. The minimum atomic E-state index is 0.460. The molecule has 2 aliphatic heterocycles. The molecule has 0 amide bonds. The molecule has 2 saturated heterocycles. The predicted octanol–water partition coefficient (Wildman–Crippen LogP) is 1.53. The molecule has 0 radical (unpaired) electrons. The SMILES string of the molecule is CC(C)C1CCCN1CCN1CCC(N)CC1. The van der Waals surface area contributed by atoms with Crippen molar-refractivity contribution < 1.29 is 0 Å². The van der Waals surface area contributed by atoms with E-state index < -0.39 is 0 Å². The molecule has 0 spiro atoms. The normalized spacial score (nSPS) is 29.3. The molecule has 3 heteroatoms. The van der Waals surface area contributed by atoms with E-state index in [-0.39, 0.29) is 0 Å². The summed E-state index contributed by atoms with van der Waals surface area (Å²) in [6.45, 7) is 11.0. The van der Waals surface area contributed by atoms with Crippen molar-refractivity contribution in [1.82, 2.24) is 9.80 Å². The van der Waals surface area contributed by atoms with Gasteiger partial charge in [-0.2, -0.15) is 0 Å². The molecule has 0 aliphatic carbocycles. The van der Waals surface area contributed by atoms with Gasteiger partial charge in [0, 0.05) is 25.2 Å². The van der Waals surface area contributed by atoms with Crippen molar-refractivity contribution in [2.24, 2.45) is 11.7 Å². The Labute approximate surface area is 106 Å². The van der Waals surface area contributed by atoms with Crippen LogP contribution in [-0.4, -0.2) is 54.6 Å². The van der Waals surface area contributed by atoms with E-state index in [0.717, 1.165) is 12.0 Å². The molecular weight excluding hydrogens is 210 g/mol. The number of nitrogens with two attached hydrogens (primary N) is 1. The molecule has 1 atom stereocenters. The topological polar surface area (TPSA) is 32.5 Å². The third-order valence-electron chi connectivity index (χ3n) is 4.52. The monoisotopic (exact) mass is 239 g/mol. The van der Waals surface area contributed by atoms with Gasteiger partial charge in [0.05, 0.1) is 0 Å². The molecule has 17 heavy (non-hydrogen) atoms. The van der Waals surface area contributed by atoms with E-state index in [4.69, 9.17) is 5.73 Å². The lowest BCUT2D eigenvalue weighted by molar-refractivity contribution is 0.150. The van der Waals surface area contributed by atoms with Crippen LogP contribution in [0, 0.1) is 5.92 Å². The zero-order chi connectivity index (χ0) is 12.3. The summed E-state index contributed by atoms with van der Waals surface area (Å²) in [5, 5.41) is 0. The largest absolute Gasteiger partial charge is 0.328 e. The number of nitrogens with zero attached hydrogens (tertiary/aromatic N) is 2. The van der Waals surface area contributed by atoms with Gasteiger partial charge in [-0.05, 0) is 51.2 Å². The zero-order valence-electron chi connectivity index (χ0n) is 11.6. The molecule has 100 valence electrons. The van der Waals surface area contributed by atoms with E-state index in [1.807, 2.05) is 0 Å². The highest BCUT2D eigenvalue weighted by Crippen LogP contribution is 2.23. The van der Waals surface area contributed by atoms with E-state index in [9.17, 15) is 0 Å². The third-order valence-corrected chi connectivity index (χ3v) is 4.52. The number of hydrogen-bond acceptors (Lipinski definition) is 3. The maximum absolute atomic E-state index is 5.94. The van der Waals surface area contributed by atoms with Gasteiger partial charge in [-0.25, -0.2) is 0 Å². The first-order chi connectivity index (χ1) is 8.16. The van der Waals surface area contributed by atoms with Crippen LogP contribution in [0.5, 0.6) is 0 Å². The smallest absolute Gasteiger partial charge is 0.0119 e. The highest BCUT2D eigenvalue weighted by molar-refractivity contribution is 4.83. The van der Waals surface area contributed by atoms with Crippen molar-refractivity contribution in [3.05, 3.63) is 0 Å². The number of rotatable bonds is 4. The molecule has 0 aromatic carbocycles. The number of hydrogen-bond donors (Lipinski definition) is 1. The first kappa shape index (κ1) is 13.3. The minimum Gasteiger partial charge on any atom is -0.328 e. The summed E-state index contributed by atoms with van der Waals surface area (Å²) in [6, 6.07) is 1.29. The van der Waals surface area contributed by atoms with E-state index in [0.29, 0.717) is 6.04 Å². The van der Waals surface area contributed by atoms with Crippen LogP contribution in [0.3, 0.4) is 0 Å². The van der Waals surface area contributed by atoms with E-state index in [2.05, 4.69) is 23.6 Å². The maximum atomic E-state index is 5.94. The Morgan fingerprint density at radius 1 is 1.06 bits per heavy atom. The van der Waals surface area contributed by atoms with Crippen LogP contribution in [0.25, 0.3) is 0 Å². The Bertz CT molecular complexity index is 222. The van der Waals surface area contributed by atoms with Gasteiger partial charge in [0.25, 0.3) is 0 Å². The summed E-state index contributed by atoms with van der Waals surface area (Å²) in [6.07, 6.45) is 5.18. The lowest BCUT2D eigenvalue weighted by atomic mass is 10.0. The van der Waals surface area contributed by atoms with Crippen LogP contribution in [0.2, 0.25) is 0 Å². The highest BCUT2D eigenvalue weighted by atomic mass is 15.2. The molecule has 1 unspecified atom stereocenters. The molecule has 2 N–H and O–H groups in total. The van der Waals surface area contributed by atoms with Crippen LogP contribution in [0.15, 0.2) is 0 Å². The van der Waals surface area contributed by atoms with Gasteiger partial charge in [0.2, 0.25) is 0 Å². The first-order valence-corrected chi connectivity index (χ1v) is 7.39. The van der Waals surface area contributed by atoms with Crippen molar-refractivity contribution in [2.75, 3.05) is 32.7 Å². The summed E-state index contributed by atoms with van der Waals surface area (Å²) < 4.78 is 0. The van der Waals surface area contributed by atoms with Crippen molar-refractivity contribution >= 4 is 0 Å². The molecule has 2 heterocycles. The molecule has 0 aromatic heterocycles. The second-order valence-electron chi connectivity index (χ2n) is 6.17. The van der Waals surface area contributed by atoms with E-state index in [1.54, 1.807) is 0 Å². The van der Waals surface area contributed by atoms with Crippen molar-refractivity contribution in [3.8, 4) is 0 Å². The predicted molar refractivity (Wildman–Crippen MR) is 73.1 cm³/mol. The third kappa shape index (κ3) is 3.67. The van der Waals surface area contributed by atoms with Crippen molar-refractivity contribution in [1.29, 1.82) is 0 Å². The van der Waals surface area contributed by atoms with Gasteiger partial charge in [-0.3, -0.25) is 4.90 Å². The standard InChI is InChI=1S/C14H29N3/c1-12(2)14-4-3-7-17(14)11-10-16-8-5-13(15)6-9-16/h12-14H,3-11,15H2,1-2H3. The van der Waals surface area contributed by atoms with Crippen LogP contribution < -0.4 is 5.73 Å². The van der Waals surface area contributed by atoms with E-state index >= 15 is 0 Å². The molecule has 2 rings (SSSR count). The van der Waals surface area contributed by atoms with Gasteiger partial charge in [0.15, 0.2) is 0 Å². The van der Waals surface area contributed by atoms with Crippen molar-refractivity contribution in [2.45, 2.75) is 51.6 Å². The van der Waals surface area contributed by atoms with Gasteiger partial charge >= 0.3 is 0 Å². The summed E-state index contributed by atoms with van der Waals surface area (Å²) in [5.74, 6) is 0.812. The Balaban J connectivity index is 1.70. The molecule has 2 aliphatic rings. The average Bonchev–Trinajstić information content (AvgIpc) is 2.76.